The Morgan fingerprint density at radius 2 is 2.16 bits per heavy atom. The van der Waals surface area contributed by atoms with Gasteiger partial charge in [0, 0.05) is 23.8 Å². The Morgan fingerprint density at radius 1 is 1.32 bits per heavy atom. The third-order valence-corrected chi connectivity index (χ3v) is 3.21. The van der Waals surface area contributed by atoms with E-state index >= 15 is 0 Å². The van der Waals surface area contributed by atoms with Gasteiger partial charge in [0.25, 0.3) is 0 Å². The lowest BCUT2D eigenvalue weighted by Crippen LogP contribution is -1.97. The average molecular weight is 274 g/mol. The van der Waals surface area contributed by atoms with E-state index in [0.717, 1.165) is 22.4 Å². The molecule has 19 heavy (non-hydrogen) atoms. The highest BCUT2D eigenvalue weighted by Crippen LogP contribution is 2.36. The van der Waals surface area contributed by atoms with Crippen molar-refractivity contribution in [3.8, 4) is 22.4 Å². The fourth-order valence-electron chi connectivity index (χ4n) is 2.05. The van der Waals surface area contributed by atoms with E-state index in [4.69, 9.17) is 17.3 Å². The standard InChI is InChI=1S/C13H12ClN5/c1-19-13(15)11(8-3-2-4-10(14)5-8)12(18-19)9-6-16-17-7-9/h2-7H,15H2,1H3,(H,16,17). The molecular weight excluding hydrogens is 262 g/mol. The van der Waals surface area contributed by atoms with Gasteiger partial charge in [0.1, 0.15) is 11.5 Å². The van der Waals surface area contributed by atoms with E-state index in [1.165, 1.54) is 0 Å². The molecule has 3 N–H and O–H groups in total. The van der Waals surface area contributed by atoms with Crippen LogP contribution >= 0.6 is 11.6 Å². The molecule has 0 atom stereocenters. The Hall–Kier alpha value is -2.27. The molecule has 0 spiro atoms. The zero-order chi connectivity index (χ0) is 13.4. The van der Waals surface area contributed by atoms with E-state index in [1.54, 1.807) is 17.1 Å². The number of halogens is 1. The summed E-state index contributed by atoms with van der Waals surface area (Å²) in [7, 11) is 1.81. The molecule has 0 fully saturated rings. The first-order chi connectivity index (χ1) is 9.16. The number of aryl methyl sites for hydroxylation is 1. The summed E-state index contributed by atoms with van der Waals surface area (Å²) in [5.74, 6) is 0.596. The molecule has 0 aliphatic heterocycles. The van der Waals surface area contributed by atoms with Crippen molar-refractivity contribution in [1.82, 2.24) is 20.0 Å². The van der Waals surface area contributed by atoms with Crippen LogP contribution in [0.5, 0.6) is 0 Å². The summed E-state index contributed by atoms with van der Waals surface area (Å²) in [6, 6.07) is 7.56. The van der Waals surface area contributed by atoms with Gasteiger partial charge in [-0.05, 0) is 17.7 Å². The zero-order valence-electron chi connectivity index (χ0n) is 10.3. The summed E-state index contributed by atoms with van der Waals surface area (Å²) < 4.78 is 1.65. The Kier molecular flexibility index (Phi) is 2.76. The van der Waals surface area contributed by atoms with Gasteiger partial charge in [0.15, 0.2) is 0 Å². The minimum Gasteiger partial charge on any atom is -0.383 e. The number of rotatable bonds is 2. The van der Waals surface area contributed by atoms with E-state index in [2.05, 4.69) is 15.3 Å². The van der Waals surface area contributed by atoms with Crippen molar-refractivity contribution in [2.24, 2.45) is 7.05 Å². The van der Waals surface area contributed by atoms with Crippen molar-refractivity contribution in [2.45, 2.75) is 0 Å². The van der Waals surface area contributed by atoms with Gasteiger partial charge in [0.2, 0.25) is 0 Å². The topological polar surface area (TPSA) is 72.5 Å². The molecule has 0 amide bonds. The van der Waals surface area contributed by atoms with Crippen LogP contribution in [-0.4, -0.2) is 20.0 Å². The molecule has 1 aromatic carbocycles. The Bertz CT molecular complexity index is 715. The van der Waals surface area contributed by atoms with Crippen LogP contribution in [0.2, 0.25) is 5.02 Å². The second-order valence-corrected chi connectivity index (χ2v) is 4.67. The van der Waals surface area contributed by atoms with Gasteiger partial charge in [-0.25, -0.2) is 0 Å². The molecule has 3 rings (SSSR count). The van der Waals surface area contributed by atoms with E-state index in [-0.39, 0.29) is 0 Å². The lowest BCUT2D eigenvalue weighted by molar-refractivity contribution is 0.782. The largest absolute Gasteiger partial charge is 0.383 e. The first-order valence-electron chi connectivity index (χ1n) is 5.74. The number of aromatic amines is 1. The van der Waals surface area contributed by atoms with E-state index < -0.39 is 0 Å². The molecule has 3 aromatic rings. The van der Waals surface area contributed by atoms with Gasteiger partial charge in [-0.15, -0.1) is 0 Å². The molecular formula is C13H12ClN5. The molecule has 0 saturated carbocycles. The third kappa shape index (κ3) is 1.98. The van der Waals surface area contributed by atoms with Crippen LogP contribution in [-0.2, 0) is 7.05 Å². The molecule has 6 heteroatoms. The van der Waals surface area contributed by atoms with Crippen molar-refractivity contribution >= 4 is 17.4 Å². The third-order valence-electron chi connectivity index (χ3n) is 2.98. The van der Waals surface area contributed by atoms with Gasteiger partial charge in [0.05, 0.1) is 11.8 Å². The van der Waals surface area contributed by atoms with Gasteiger partial charge < -0.3 is 5.73 Å². The van der Waals surface area contributed by atoms with Crippen molar-refractivity contribution in [3.63, 3.8) is 0 Å². The lowest BCUT2D eigenvalue weighted by atomic mass is 10.0. The monoisotopic (exact) mass is 273 g/mol. The highest BCUT2D eigenvalue weighted by molar-refractivity contribution is 6.30. The summed E-state index contributed by atoms with van der Waals surface area (Å²) in [4.78, 5) is 0. The number of aromatic nitrogens is 4. The Balaban J connectivity index is 2.26. The Morgan fingerprint density at radius 3 is 2.84 bits per heavy atom. The number of nitrogens with two attached hydrogens (primary N) is 1. The number of H-pyrrole nitrogens is 1. The number of hydrogen-bond donors (Lipinski definition) is 2. The molecule has 5 nitrogen and oxygen atoms in total. The summed E-state index contributed by atoms with van der Waals surface area (Å²) in [5, 5.41) is 11.8. The SMILES string of the molecule is Cn1nc(-c2cn[nH]c2)c(-c2cccc(Cl)c2)c1N. The van der Waals surface area contributed by atoms with Crippen LogP contribution in [0.1, 0.15) is 0 Å². The second kappa shape index (κ2) is 4.44. The lowest BCUT2D eigenvalue weighted by Gasteiger charge is -2.03. The van der Waals surface area contributed by atoms with E-state index in [0.29, 0.717) is 10.8 Å². The minimum absolute atomic E-state index is 0.596. The highest BCUT2D eigenvalue weighted by Gasteiger charge is 2.18. The summed E-state index contributed by atoms with van der Waals surface area (Å²) in [6.45, 7) is 0. The molecule has 0 saturated heterocycles. The Labute approximate surface area is 115 Å². The molecule has 0 aliphatic rings. The fraction of sp³-hybridized carbons (Fsp3) is 0.0769. The number of hydrogen-bond acceptors (Lipinski definition) is 3. The van der Waals surface area contributed by atoms with Crippen LogP contribution in [0.4, 0.5) is 5.82 Å². The molecule has 0 aliphatic carbocycles. The van der Waals surface area contributed by atoms with E-state index in [1.807, 2.05) is 31.3 Å². The average Bonchev–Trinajstić information content (AvgIpc) is 2.99. The van der Waals surface area contributed by atoms with Crippen LogP contribution in [0.25, 0.3) is 22.4 Å². The van der Waals surface area contributed by atoms with E-state index in [9.17, 15) is 0 Å². The van der Waals surface area contributed by atoms with Gasteiger partial charge in [-0.2, -0.15) is 10.2 Å². The molecule has 0 bridgehead atoms. The zero-order valence-corrected chi connectivity index (χ0v) is 11.0. The minimum atomic E-state index is 0.596. The van der Waals surface area contributed by atoms with Gasteiger partial charge in [-0.1, -0.05) is 23.7 Å². The molecule has 2 heterocycles. The maximum absolute atomic E-state index is 6.12. The maximum Gasteiger partial charge on any atom is 0.129 e. The molecule has 0 unspecified atom stereocenters. The quantitative estimate of drug-likeness (QED) is 0.754. The molecule has 2 aromatic heterocycles. The van der Waals surface area contributed by atoms with Crippen molar-refractivity contribution in [3.05, 3.63) is 41.7 Å². The number of anilines is 1. The number of nitrogens with zero attached hydrogens (tertiary/aromatic N) is 3. The highest BCUT2D eigenvalue weighted by atomic mass is 35.5. The van der Waals surface area contributed by atoms with Crippen molar-refractivity contribution < 1.29 is 0 Å². The summed E-state index contributed by atoms with van der Waals surface area (Å²) in [5.41, 5.74) is 9.60. The van der Waals surface area contributed by atoms with Crippen LogP contribution in [0.3, 0.4) is 0 Å². The summed E-state index contributed by atoms with van der Waals surface area (Å²) >= 11 is 6.04. The predicted octanol–water partition coefficient (Wildman–Crippen LogP) is 2.71. The maximum atomic E-state index is 6.12. The first-order valence-corrected chi connectivity index (χ1v) is 6.12. The normalized spacial score (nSPS) is 10.8. The predicted molar refractivity (Wildman–Crippen MR) is 75.6 cm³/mol. The molecule has 0 radical (unpaired) electrons. The van der Waals surface area contributed by atoms with Crippen LogP contribution in [0.15, 0.2) is 36.7 Å². The summed E-state index contributed by atoms with van der Waals surface area (Å²) in [6.07, 6.45) is 3.51. The second-order valence-electron chi connectivity index (χ2n) is 4.23. The number of nitrogen functional groups attached to an aromatic ring is 1. The van der Waals surface area contributed by atoms with Gasteiger partial charge >= 0.3 is 0 Å². The van der Waals surface area contributed by atoms with Crippen LogP contribution in [0, 0.1) is 0 Å². The number of nitrogens with one attached hydrogen (secondary N) is 1. The first kappa shape index (κ1) is 11.8. The van der Waals surface area contributed by atoms with Crippen molar-refractivity contribution in [1.29, 1.82) is 0 Å². The fourth-order valence-corrected chi connectivity index (χ4v) is 2.24. The van der Waals surface area contributed by atoms with Crippen molar-refractivity contribution in [2.75, 3.05) is 5.73 Å². The van der Waals surface area contributed by atoms with Gasteiger partial charge in [-0.3, -0.25) is 9.78 Å². The molecule has 96 valence electrons. The number of benzene rings is 1. The van der Waals surface area contributed by atoms with Crippen LogP contribution < -0.4 is 5.73 Å². The smallest absolute Gasteiger partial charge is 0.129 e.